The first-order chi connectivity index (χ1) is 15.9. The Morgan fingerprint density at radius 1 is 1.03 bits per heavy atom. The molecule has 2 rings (SSSR count). The molecule has 0 amide bonds. The second kappa shape index (κ2) is 14.6. The van der Waals surface area contributed by atoms with E-state index in [1.54, 1.807) is 24.4 Å². The molecule has 0 bridgehead atoms. The topological polar surface area (TPSA) is 116 Å². The van der Waals surface area contributed by atoms with Gasteiger partial charge < -0.3 is 26.8 Å². The smallest absolute Gasteiger partial charge is 0.207 e. The lowest BCUT2D eigenvalue weighted by molar-refractivity contribution is 0.472. The summed E-state index contributed by atoms with van der Waals surface area (Å²) < 4.78 is 26.0. The molecule has 0 unspecified atom stereocenters. The van der Waals surface area contributed by atoms with Crippen LogP contribution in [0.2, 0.25) is 5.02 Å². The Morgan fingerprint density at radius 3 is 2.24 bits per heavy atom. The van der Waals surface area contributed by atoms with Crippen LogP contribution in [-0.2, 0) is 9.84 Å². The van der Waals surface area contributed by atoms with E-state index in [1.165, 1.54) is 23.5 Å². The zero-order valence-corrected chi connectivity index (χ0v) is 21.5. The second-order valence-electron chi connectivity index (χ2n) is 7.68. The van der Waals surface area contributed by atoms with Gasteiger partial charge in [0.05, 0.1) is 20.4 Å². The van der Waals surface area contributed by atoms with Gasteiger partial charge in [-0.3, -0.25) is 0 Å². The summed E-state index contributed by atoms with van der Waals surface area (Å²) in [7, 11) is -3.66. The molecule has 0 aliphatic heterocycles. The molecule has 0 spiro atoms. The molecule has 0 radical (unpaired) electrons. The van der Waals surface area contributed by atoms with Crippen molar-refractivity contribution < 1.29 is 13.5 Å². The highest BCUT2D eigenvalue weighted by atomic mass is 35.5. The van der Waals surface area contributed by atoms with E-state index < -0.39 is 9.84 Å². The minimum Gasteiger partial charge on any atom is -0.513 e. The van der Waals surface area contributed by atoms with Crippen molar-refractivity contribution in [2.75, 3.05) is 39.3 Å². The summed E-state index contributed by atoms with van der Waals surface area (Å²) in [4.78, 5) is 1.14. The van der Waals surface area contributed by atoms with E-state index >= 15 is 0 Å². The van der Waals surface area contributed by atoms with Gasteiger partial charge in [0.25, 0.3) is 0 Å². The molecule has 0 saturated heterocycles. The summed E-state index contributed by atoms with van der Waals surface area (Å²) >= 11 is 7.17. The number of halogens is 1. The molecule has 0 aliphatic carbocycles. The van der Waals surface area contributed by atoms with Crippen LogP contribution in [0.3, 0.4) is 0 Å². The molecule has 0 atom stereocenters. The van der Waals surface area contributed by atoms with Gasteiger partial charge in [-0.2, -0.15) is 0 Å². The van der Waals surface area contributed by atoms with Crippen molar-refractivity contribution in [3.63, 3.8) is 0 Å². The van der Waals surface area contributed by atoms with E-state index in [0.717, 1.165) is 64.7 Å². The summed E-state index contributed by atoms with van der Waals surface area (Å²) in [6.45, 7) is 6.98. The van der Waals surface area contributed by atoms with Crippen LogP contribution in [-0.4, -0.2) is 52.8 Å². The lowest BCUT2D eigenvalue weighted by Gasteiger charge is -2.11. The number of hydrogen-bond acceptors (Lipinski definition) is 8. The van der Waals surface area contributed by atoms with Crippen LogP contribution in [0.15, 0.2) is 45.7 Å². The molecule has 0 aliphatic rings. The summed E-state index contributed by atoms with van der Waals surface area (Å²) in [5.41, 5.74) is 6.60. The Labute approximate surface area is 206 Å². The number of nitrogens with one attached hydrogen (secondary N) is 3. The SMILES string of the molecule is Cc1c(S(=O)(=O)c2ccc(Cl)cc2)csc1/C(=C\O)NCCCNCCCCNCCCN. The van der Waals surface area contributed by atoms with Gasteiger partial charge in [0.2, 0.25) is 9.84 Å². The van der Waals surface area contributed by atoms with Crippen molar-refractivity contribution in [1.82, 2.24) is 16.0 Å². The van der Waals surface area contributed by atoms with Crippen molar-refractivity contribution in [1.29, 1.82) is 0 Å². The van der Waals surface area contributed by atoms with Crippen molar-refractivity contribution in [2.24, 2.45) is 5.73 Å². The molecular formula is C23H35ClN4O3S2. The molecule has 0 fully saturated rings. The molecular weight excluding hydrogens is 480 g/mol. The standard InChI is InChI=1S/C23H35ClN4O3S2/c1-18-22(33(30,31)20-8-6-19(24)7-9-20)17-32-23(18)21(16-29)28-15-5-14-27-12-3-2-11-26-13-4-10-25/h6-9,16-17,26-29H,2-5,10-15,25H2,1H3/b21-16+. The van der Waals surface area contributed by atoms with Crippen LogP contribution in [0, 0.1) is 6.92 Å². The largest absolute Gasteiger partial charge is 0.513 e. The fourth-order valence-electron chi connectivity index (χ4n) is 3.27. The second-order valence-corrected chi connectivity index (χ2v) is 10.9. The van der Waals surface area contributed by atoms with E-state index in [2.05, 4.69) is 16.0 Å². The highest BCUT2D eigenvalue weighted by molar-refractivity contribution is 7.91. The monoisotopic (exact) mass is 514 g/mol. The lowest BCUT2D eigenvalue weighted by Crippen LogP contribution is -2.23. The predicted molar refractivity (Wildman–Crippen MR) is 138 cm³/mol. The van der Waals surface area contributed by atoms with E-state index in [1.807, 2.05) is 0 Å². The number of aliphatic hydroxyl groups excluding tert-OH is 1. The average molecular weight is 515 g/mol. The molecule has 2 aromatic rings. The van der Waals surface area contributed by atoms with E-state index in [4.69, 9.17) is 17.3 Å². The number of rotatable bonds is 16. The van der Waals surface area contributed by atoms with Gasteiger partial charge in [0.1, 0.15) is 6.26 Å². The zero-order valence-electron chi connectivity index (χ0n) is 19.1. The maximum absolute atomic E-state index is 13.0. The Kier molecular flexibility index (Phi) is 12.2. The first kappa shape index (κ1) is 27.6. The van der Waals surface area contributed by atoms with Crippen LogP contribution in [0.1, 0.15) is 36.1 Å². The number of unbranched alkanes of at least 4 members (excludes halogenated alkanes) is 1. The Balaban J connectivity index is 1.78. The van der Waals surface area contributed by atoms with E-state index in [9.17, 15) is 13.5 Å². The minimum atomic E-state index is -3.66. The maximum atomic E-state index is 13.0. The third kappa shape index (κ3) is 8.59. The first-order valence-corrected chi connectivity index (χ1v) is 13.9. The molecule has 1 aromatic carbocycles. The third-order valence-corrected chi connectivity index (χ3v) is 8.55. The van der Waals surface area contributed by atoms with Gasteiger partial charge in [0.15, 0.2) is 0 Å². The normalized spacial score (nSPS) is 12.3. The highest BCUT2D eigenvalue weighted by Crippen LogP contribution is 2.33. The number of benzene rings is 1. The Hall–Kier alpha value is -1.62. The fraction of sp³-hybridized carbons (Fsp3) is 0.478. The molecule has 1 aromatic heterocycles. The van der Waals surface area contributed by atoms with Gasteiger partial charge in [-0.15, -0.1) is 11.3 Å². The number of nitrogens with two attached hydrogens (primary N) is 1. The van der Waals surface area contributed by atoms with E-state index in [-0.39, 0.29) is 9.79 Å². The van der Waals surface area contributed by atoms with Crippen molar-refractivity contribution in [3.05, 3.63) is 51.4 Å². The lowest BCUT2D eigenvalue weighted by atomic mass is 10.2. The molecule has 184 valence electrons. The van der Waals surface area contributed by atoms with Crippen LogP contribution < -0.4 is 21.7 Å². The zero-order chi connectivity index (χ0) is 24.1. The third-order valence-electron chi connectivity index (χ3n) is 5.14. The average Bonchev–Trinajstić information content (AvgIpc) is 3.19. The van der Waals surface area contributed by atoms with Crippen molar-refractivity contribution >= 4 is 38.5 Å². The number of aliphatic hydroxyl groups is 1. The van der Waals surface area contributed by atoms with Gasteiger partial charge in [-0.25, -0.2) is 8.42 Å². The quantitative estimate of drug-likeness (QED) is 0.171. The maximum Gasteiger partial charge on any atom is 0.207 e. The van der Waals surface area contributed by atoms with Crippen LogP contribution in [0.25, 0.3) is 5.70 Å². The van der Waals surface area contributed by atoms with Crippen molar-refractivity contribution in [3.8, 4) is 0 Å². The van der Waals surface area contributed by atoms with Crippen LogP contribution in [0.5, 0.6) is 0 Å². The highest BCUT2D eigenvalue weighted by Gasteiger charge is 2.24. The number of hydrogen-bond donors (Lipinski definition) is 5. The molecule has 10 heteroatoms. The molecule has 7 nitrogen and oxygen atoms in total. The van der Waals surface area contributed by atoms with Gasteiger partial charge in [-0.1, -0.05) is 11.6 Å². The van der Waals surface area contributed by atoms with Crippen LogP contribution in [0.4, 0.5) is 0 Å². The first-order valence-electron chi connectivity index (χ1n) is 11.2. The molecule has 0 saturated carbocycles. The summed E-state index contributed by atoms with van der Waals surface area (Å²) in [5, 5.41) is 21.8. The van der Waals surface area contributed by atoms with Gasteiger partial charge in [-0.05, 0) is 95.2 Å². The number of thiophene rings is 1. The molecule has 33 heavy (non-hydrogen) atoms. The minimum absolute atomic E-state index is 0.194. The molecule has 6 N–H and O–H groups in total. The summed E-state index contributed by atoms with van der Waals surface area (Å²) in [6.07, 6.45) is 5.14. The van der Waals surface area contributed by atoms with Crippen molar-refractivity contribution in [2.45, 2.75) is 42.4 Å². The van der Waals surface area contributed by atoms with Gasteiger partial charge >= 0.3 is 0 Å². The Bertz CT molecular complexity index is 976. The van der Waals surface area contributed by atoms with Crippen LogP contribution >= 0.6 is 22.9 Å². The fourth-order valence-corrected chi connectivity index (χ4v) is 6.31. The van der Waals surface area contributed by atoms with Gasteiger partial charge in [0, 0.05) is 16.9 Å². The molecule has 1 heterocycles. The van der Waals surface area contributed by atoms with E-state index in [0.29, 0.717) is 27.7 Å². The summed E-state index contributed by atoms with van der Waals surface area (Å²) in [5.74, 6) is 0. The predicted octanol–water partition coefficient (Wildman–Crippen LogP) is 3.69. The number of sulfone groups is 1. The summed E-state index contributed by atoms with van der Waals surface area (Å²) in [6, 6.07) is 6.12. The Morgan fingerprint density at radius 2 is 1.64 bits per heavy atom.